The molecule has 0 radical (unpaired) electrons. The topological polar surface area (TPSA) is 43.6 Å². The average molecular weight is 273 g/mol. The van der Waals surface area contributed by atoms with Gasteiger partial charge in [0.1, 0.15) is 11.3 Å². The molecule has 3 aromatic heterocycles. The van der Waals surface area contributed by atoms with Crippen molar-refractivity contribution in [2.75, 3.05) is 0 Å². The number of alkyl halides is 1. The van der Waals surface area contributed by atoms with E-state index >= 15 is 0 Å². The summed E-state index contributed by atoms with van der Waals surface area (Å²) >= 11 is 5.98. The molecular formula is C14H13ClN4. The summed E-state index contributed by atoms with van der Waals surface area (Å²) < 4.78 is 2.02. The molecule has 0 bridgehead atoms. The van der Waals surface area contributed by atoms with E-state index < -0.39 is 0 Å². The number of hydrogen-bond donors (Lipinski definition) is 0. The van der Waals surface area contributed by atoms with Crippen molar-refractivity contribution in [1.29, 1.82) is 0 Å². The zero-order valence-electron chi connectivity index (χ0n) is 10.5. The van der Waals surface area contributed by atoms with Gasteiger partial charge in [-0.3, -0.25) is 4.98 Å². The Kier molecular flexibility index (Phi) is 3.17. The Labute approximate surface area is 116 Å². The Morgan fingerprint density at radius 3 is 2.89 bits per heavy atom. The van der Waals surface area contributed by atoms with Gasteiger partial charge in [0.15, 0.2) is 5.65 Å². The second-order valence-corrected chi connectivity index (χ2v) is 4.69. The number of pyridine rings is 2. The smallest absolute Gasteiger partial charge is 0.160 e. The van der Waals surface area contributed by atoms with E-state index in [1.54, 1.807) is 6.20 Å². The molecule has 0 saturated heterocycles. The SMILES string of the molecule is Cc1cnc2c(c1)nc(CCl)n2Cc1ccccn1. The highest BCUT2D eigenvalue weighted by molar-refractivity contribution is 6.16. The van der Waals surface area contributed by atoms with Gasteiger partial charge in [-0.2, -0.15) is 0 Å². The molecule has 3 aromatic rings. The van der Waals surface area contributed by atoms with Gasteiger partial charge in [0.2, 0.25) is 0 Å². The minimum Gasteiger partial charge on any atom is -0.306 e. The molecule has 3 rings (SSSR count). The van der Waals surface area contributed by atoms with E-state index in [0.29, 0.717) is 12.4 Å². The van der Waals surface area contributed by atoms with E-state index in [1.165, 1.54) is 0 Å². The number of fused-ring (bicyclic) bond motifs is 1. The molecule has 0 unspecified atom stereocenters. The molecule has 0 N–H and O–H groups in total. The molecule has 0 amide bonds. The number of imidazole rings is 1. The Bertz CT molecular complexity index is 706. The molecule has 0 aliphatic rings. The van der Waals surface area contributed by atoms with Crippen LogP contribution in [0.25, 0.3) is 11.2 Å². The highest BCUT2D eigenvalue weighted by Crippen LogP contribution is 2.17. The molecule has 4 nitrogen and oxygen atoms in total. The normalized spacial score (nSPS) is 11.1. The molecule has 0 aromatic carbocycles. The first-order valence-electron chi connectivity index (χ1n) is 6.05. The van der Waals surface area contributed by atoms with Gasteiger partial charge < -0.3 is 4.57 Å². The summed E-state index contributed by atoms with van der Waals surface area (Å²) in [5.41, 5.74) is 3.80. The van der Waals surface area contributed by atoms with Gasteiger partial charge in [0.05, 0.1) is 18.1 Å². The first-order valence-corrected chi connectivity index (χ1v) is 6.59. The van der Waals surface area contributed by atoms with Crippen LogP contribution in [0.5, 0.6) is 0 Å². The minimum absolute atomic E-state index is 0.363. The third-order valence-corrected chi connectivity index (χ3v) is 3.21. The zero-order valence-corrected chi connectivity index (χ0v) is 11.3. The third kappa shape index (κ3) is 2.31. The highest BCUT2D eigenvalue weighted by atomic mass is 35.5. The quantitative estimate of drug-likeness (QED) is 0.689. The first-order chi connectivity index (χ1) is 9.28. The summed E-state index contributed by atoms with van der Waals surface area (Å²) in [7, 11) is 0. The lowest BCUT2D eigenvalue weighted by molar-refractivity contribution is 0.751. The summed E-state index contributed by atoms with van der Waals surface area (Å²) in [6, 6.07) is 7.88. The van der Waals surface area contributed by atoms with Crippen LogP contribution < -0.4 is 0 Å². The third-order valence-electron chi connectivity index (χ3n) is 2.97. The maximum atomic E-state index is 5.98. The average Bonchev–Trinajstić information content (AvgIpc) is 2.77. The summed E-state index contributed by atoms with van der Waals surface area (Å²) in [5.74, 6) is 1.18. The molecule has 5 heteroatoms. The Morgan fingerprint density at radius 1 is 1.26 bits per heavy atom. The van der Waals surface area contributed by atoms with Crippen LogP contribution in [0.3, 0.4) is 0 Å². The summed E-state index contributed by atoms with van der Waals surface area (Å²) in [6.07, 6.45) is 3.63. The van der Waals surface area contributed by atoms with Crippen molar-refractivity contribution in [2.45, 2.75) is 19.3 Å². The van der Waals surface area contributed by atoms with E-state index in [9.17, 15) is 0 Å². The zero-order chi connectivity index (χ0) is 13.2. The van der Waals surface area contributed by atoms with Crippen LogP contribution in [-0.2, 0) is 12.4 Å². The summed E-state index contributed by atoms with van der Waals surface area (Å²) in [6.45, 7) is 2.64. The number of halogens is 1. The molecule has 19 heavy (non-hydrogen) atoms. The lowest BCUT2D eigenvalue weighted by atomic mass is 10.3. The van der Waals surface area contributed by atoms with E-state index in [0.717, 1.165) is 28.2 Å². The number of hydrogen-bond acceptors (Lipinski definition) is 3. The van der Waals surface area contributed by atoms with Crippen LogP contribution >= 0.6 is 11.6 Å². The summed E-state index contributed by atoms with van der Waals surface area (Å²) in [4.78, 5) is 13.3. The van der Waals surface area contributed by atoms with Gasteiger partial charge in [-0.1, -0.05) is 6.07 Å². The maximum absolute atomic E-state index is 5.98. The van der Waals surface area contributed by atoms with Crippen LogP contribution in [-0.4, -0.2) is 19.5 Å². The van der Waals surface area contributed by atoms with Crippen LogP contribution in [0.15, 0.2) is 36.7 Å². The monoisotopic (exact) mass is 272 g/mol. The molecule has 0 fully saturated rings. The molecule has 0 aliphatic carbocycles. The molecule has 0 aliphatic heterocycles. The van der Waals surface area contributed by atoms with E-state index in [1.807, 2.05) is 42.0 Å². The number of aromatic nitrogens is 4. The predicted molar refractivity (Wildman–Crippen MR) is 75.2 cm³/mol. The molecular weight excluding hydrogens is 260 g/mol. The van der Waals surface area contributed by atoms with Crippen LogP contribution in [0.1, 0.15) is 17.1 Å². The minimum atomic E-state index is 0.363. The second kappa shape index (κ2) is 4.97. The van der Waals surface area contributed by atoms with Gasteiger partial charge >= 0.3 is 0 Å². The highest BCUT2D eigenvalue weighted by Gasteiger charge is 2.11. The summed E-state index contributed by atoms with van der Waals surface area (Å²) in [5, 5.41) is 0. The predicted octanol–water partition coefficient (Wildman–Crippen LogP) is 2.92. The van der Waals surface area contributed by atoms with Crippen molar-refractivity contribution in [3.05, 3.63) is 53.7 Å². The van der Waals surface area contributed by atoms with E-state index in [2.05, 4.69) is 15.0 Å². The number of aryl methyl sites for hydroxylation is 1. The molecule has 3 heterocycles. The Hall–Kier alpha value is -1.94. The lowest BCUT2D eigenvalue weighted by Crippen LogP contribution is -2.05. The fraction of sp³-hybridized carbons (Fsp3) is 0.214. The van der Waals surface area contributed by atoms with Crippen molar-refractivity contribution in [3.63, 3.8) is 0 Å². The fourth-order valence-electron chi connectivity index (χ4n) is 2.08. The standard InChI is InChI=1S/C14H13ClN4/c1-10-6-12-14(17-8-10)19(13(7-15)18-12)9-11-4-2-3-5-16-11/h2-6,8H,7,9H2,1H3. The lowest BCUT2D eigenvalue weighted by Gasteiger charge is -2.06. The van der Waals surface area contributed by atoms with Gasteiger partial charge in [0.25, 0.3) is 0 Å². The molecule has 96 valence electrons. The van der Waals surface area contributed by atoms with E-state index in [4.69, 9.17) is 11.6 Å². The number of rotatable bonds is 3. The van der Waals surface area contributed by atoms with Crippen molar-refractivity contribution in [2.24, 2.45) is 0 Å². The van der Waals surface area contributed by atoms with Crippen molar-refractivity contribution in [3.8, 4) is 0 Å². The molecule has 0 atom stereocenters. The first kappa shape index (κ1) is 12.1. The van der Waals surface area contributed by atoms with Crippen LogP contribution in [0.4, 0.5) is 0 Å². The van der Waals surface area contributed by atoms with Gasteiger partial charge in [-0.05, 0) is 30.7 Å². The van der Waals surface area contributed by atoms with Crippen molar-refractivity contribution in [1.82, 2.24) is 19.5 Å². The fourth-order valence-corrected chi connectivity index (χ4v) is 2.28. The van der Waals surface area contributed by atoms with Crippen molar-refractivity contribution >= 4 is 22.8 Å². The van der Waals surface area contributed by atoms with Crippen molar-refractivity contribution < 1.29 is 0 Å². The second-order valence-electron chi connectivity index (χ2n) is 4.42. The van der Waals surface area contributed by atoms with Gasteiger partial charge in [-0.25, -0.2) is 9.97 Å². The van der Waals surface area contributed by atoms with Gasteiger partial charge in [0, 0.05) is 12.4 Å². The largest absolute Gasteiger partial charge is 0.306 e. The Morgan fingerprint density at radius 2 is 2.16 bits per heavy atom. The van der Waals surface area contributed by atoms with Crippen LogP contribution in [0.2, 0.25) is 0 Å². The Balaban J connectivity index is 2.11. The van der Waals surface area contributed by atoms with E-state index in [-0.39, 0.29) is 0 Å². The molecule has 0 saturated carbocycles. The van der Waals surface area contributed by atoms with Crippen LogP contribution in [0, 0.1) is 6.92 Å². The maximum Gasteiger partial charge on any atom is 0.160 e. The molecule has 0 spiro atoms. The number of nitrogens with zero attached hydrogens (tertiary/aromatic N) is 4. The van der Waals surface area contributed by atoms with Gasteiger partial charge in [-0.15, -0.1) is 11.6 Å².